The van der Waals surface area contributed by atoms with Crippen LogP contribution >= 0.6 is 21.6 Å². The summed E-state index contributed by atoms with van der Waals surface area (Å²) in [5.41, 5.74) is 8.51. The van der Waals surface area contributed by atoms with E-state index in [-0.39, 0.29) is 69.5 Å². The summed E-state index contributed by atoms with van der Waals surface area (Å²) in [5.74, 6) is -9.85. The number of phenolic OH excluding ortho intramolecular Hbond substituents is 1. The molecule has 0 bridgehead atoms. The second-order valence-electron chi connectivity index (χ2n) is 20.4. The number of amides is 8. The number of alkyl halides is 1. The molecule has 2 aromatic heterocycles. The molecule has 0 saturated carbocycles. The molecule has 0 spiro atoms. The van der Waals surface area contributed by atoms with Crippen LogP contribution < -0.4 is 48.3 Å². The molecule has 1 fully saturated rings. The predicted octanol–water partition coefficient (Wildman–Crippen LogP) is -0.656. The lowest BCUT2D eigenvalue weighted by molar-refractivity contribution is -0.145. The van der Waals surface area contributed by atoms with E-state index in [1.54, 1.807) is 60.8 Å². The Hall–Kier alpha value is -8.12. The van der Waals surface area contributed by atoms with Crippen LogP contribution in [0.4, 0.5) is 4.39 Å². The monoisotopic (exact) mass is 1220 g/mol. The molecule has 29 heteroatoms. The Balaban J connectivity index is 1.41. The molecule has 0 radical (unpaired) electrons. The number of carboxylic acid groups (broad SMARTS) is 1. The molecular weight excluding hydrogens is 1140 g/mol. The van der Waals surface area contributed by atoms with E-state index in [0.717, 1.165) is 28.5 Å². The van der Waals surface area contributed by atoms with Crippen molar-refractivity contribution in [3.63, 3.8) is 0 Å². The molecule has 85 heavy (non-hydrogen) atoms. The van der Waals surface area contributed by atoms with Crippen molar-refractivity contribution in [2.24, 2.45) is 5.73 Å². The average Bonchev–Trinajstić information content (AvgIpc) is 3.87. The number of phenols is 1. The topological polar surface area (TPSA) is 403 Å². The molecular formula is C56H72FN13O13S2. The molecule has 10 atom stereocenters. The number of aliphatic hydroxyl groups excluding tert-OH is 2. The molecule has 458 valence electrons. The van der Waals surface area contributed by atoms with Crippen molar-refractivity contribution in [1.29, 1.82) is 0 Å². The SMILES string of the molecule is C[C@@H](O)[C@H](NC(=O)[C@@H]1CSSC[C@H](NC(=O)[C@@H](Cc2ccccc2)NC(=O)CCc2cn(CC[18F])nn2)C(=O)N[C@@H](Cc2ccc(O)cc2)C(=O)N[C@H](Cc2c[nH]c3ccccc23)C(=O)N[C@@H](CCCCN)C(=O)N[C@@H]([C@@H](C)O)C(=O)N1)C(=O)O. The number of aryl methyl sites for hydroxylation is 2. The maximum absolute atomic E-state index is 15.0. The normalized spacial score (nSPS) is 20.9. The predicted molar refractivity (Wildman–Crippen MR) is 313 cm³/mol. The standard InChI is InChI=1S/C56H72FN13O13S2/c1-31(71)47-55(81)65-45(54(80)67-48(32(2)72)56(82)83)30-85-84-29-44(64-50(76)41(24-33-10-4-3-5-11-33)60-46(74)20-17-36-28-70(23-21-57)69-68-36)53(79)62-42(25-34-15-18-37(73)19-16-34)51(77)63-43(26-35-27-59-39-13-7-6-12-38(35)39)52(78)61-40(49(75)66-47)14-8-9-22-58/h3-7,10-13,15-16,18-19,27-28,31-32,40-45,47-48,59,71-73H,8-9,14,17,20-26,29-30,58H2,1-2H3,(H,60,74)(H,61,78)(H,62,79)(H,63,77)(H,64,76)(H,65,81)(H,66,75)(H,67,80)(H,82,83)/t31-,32-,40+,41-,42+,43-,44+,45+,47+,48+/m1/s1/i57-1. The van der Waals surface area contributed by atoms with Gasteiger partial charge in [-0.05, 0) is 74.5 Å². The van der Waals surface area contributed by atoms with Crippen LogP contribution in [0.3, 0.4) is 0 Å². The van der Waals surface area contributed by atoms with E-state index in [4.69, 9.17) is 5.73 Å². The number of carboxylic acids is 1. The number of halogens is 1. The largest absolute Gasteiger partial charge is 0.508 e. The van der Waals surface area contributed by atoms with Gasteiger partial charge >= 0.3 is 5.97 Å². The number of fused-ring (bicyclic) bond motifs is 1. The molecule has 1 aliphatic rings. The van der Waals surface area contributed by atoms with Gasteiger partial charge in [-0.25, -0.2) is 13.9 Å². The fraction of sp³-hybridized carbons (Fsp3) is 0.446. The second kappa shape index (κ2) is 32.8. The first-order valence-electron chi connectivity index (χ1n) is 27.5. The lowest BCUT2D eigenvalue weighted by Gasteiger charge is -2.29. The summed E-state index contributed by atoms with van der Waals surface area (Å²) in [6, 6.07) is 8.86. The van der Waals surface area contributed by atoms with Crippen molar-refractivity contribution in [1.82, 2.24) is 62.5 Å². The number of aliphatic hydroxyl groups is 2. The Morgan fingerprint density at radius 2 is 1.44 bits per heavy atom. The number of H-pyrrole nitrogens is 1. The third-order valence-corrected chi connectivity index (χ3v) is 16.1. The number of nitrogens with zero attached hydrogens (tertiary/aromatic N) is 3. The summed E-state index contributed by atoms with van der Waals surface area (Å²) in [7, 11) is 1.75. The maximum atomic E-state index is 15.0. The fourth-order valence-corrected chi connectivity index (χ4v) is 11.4. The van der Waals surface area contributed by atoms with Gasteiger partial charge in [-0.2, -0.15) is 0 Å². The molecule has 3 heterocycles. The van der Waals surface area contributed by atoms with Crippen molar-refractivity contribution in [2.75, 3.05) is 24.7 Å². The number of benzene rings is 3. The Labute approximate surface area is 496 Å². The van der Waals surface area contributed by atoms with Gasteiger partial charge in [0.1, 0.15) is 54.7 Å². The first kappa shape index (κ1) is 66.0. The highest BCUT2D eigenvalue weighted by Gasteiger charge is 2.37. The number of rotatable bonds is 23. The summed E-state index contributed by atoms with van der Waals surface area (Å²) in [6.07, 6.45) is -0.132. The minimum Gasteiger partial charge on any atom is -0.508 e. The summed E-state index contributed by atoms with van der Waals surface area (Å²) >= 11 is 0. The molecule has 3 aromatic carbocycles. The molecule has 1 aliphatic heterocycles. The summed E-state index contributed by atoms with van der Waals surface area (Å²) in [4.78, 5) is 131. The number of aromatic hydroxyl groups is 1. The summed E-state index contributed by atoms with van der Waals surface area (Å²) in [6.45, 7) is 1.77. The van der Waals surface area contributed by atoms with E-state index < -0.39 is 126 Å². The second-order valence-corrected chi connectivity index (χ2v) is 22.9. The third kappa shape index (κ3) is 20.3. The van der Waals surface area contributed by atoms with Gasteiger partial charge in [0.2, 0.25) is 47.3 Å². The summed E-state index contributed by atoms with van der Waals surface area (Å²) in [5, 5.41) is 70.6. The fourth-order valence-electron chi connectivity index (χ4n) is 9.03. The molecule has 5 aromatic rings. The smallest absolute Gasteiger partial charge is 0.328 e. The van der Waals surface area contributed by atoms with Crippen molar-refractivity contribution in [3.05, 3.63) is 114 Å². The number of aromatic amines is 1. The number of hydrogen-bond acceptors (Lipinski definition) is 17. The first-order valence-corrected chi connectivity index (χ1v) is 30.0. The number of nitrogens with one attached hydrogen (secondary N) is 9. The number of nitrogens with two attached hydrogens (primary N) is 1. The van der Waals surface area contributed by atoms with Gasteiger partial charge in [0.15, 0.2) is 6.04 Å². The molecule has 0 unspecified atom stereocenters. The van der Waals surface area contributed by atoms with Gasteiger partial charge in [0.05, 0.1) is 24.4 Å². The Morgan fingerprint density at radius 3 is 2.12 bits per heavy atom. The Morgan fingerprint density at radius 1 is 0.776 bits per heavy atom. The lowest BCUT2D eigenvalue weighted by Crippen LogP contribution is -2.62. The highest BCUT2D eigenvalue weighted by atomic mass is 33.1. The number of aromatic nitrogens is 4. The zero-order valence-electron chi connectivity index (χ0n) is 46.7. The lowest BCUT2D eigenvalue weighted by atomic mass is 10.0. The number of aliphatic carboxylic acids is 1. The maximum Gasteiger partial charge on any atom is 0.328 e. The van der Waals surface area contributed by atoms with E-state index in [1.807, 2.05) is 0 Å². The molecule has 8 amide bonds. The van der Waals surface area contributed by atoms with E-state index in [9.17, 15) is 63.2 Å². The van der Waals surface area contributed by atoms with Crippen LogP contribution in [0, 0.1) is 0 Å². The molecule has 1 saturated heterocycles. The number of para-hydroxylation sites is 1. The van der Waals surface area contributed by atoms with Crippen molar-refractivity contribution in [2.45, 2.75) is 132 Å². The van der Waals surface area contributed by atoms with Gasteiger partial charge in [-0.1, -0.05) is 87.5 Å². The number of carbonyl (C=O) groups is 9. The van der Waals surface area contributed by atoms with E-state index in [1.165, 1.54) is 42.1 Å². The minimum atomic E-state index is -1.87. The van der Waals surface area contributed by atoms with Gasteiger partial charge < -0.3 is 73.7 Å². The first-order chi connectivity index (χ1) is 40.7. The highest BCUT2D eigenvalue weighted by molar-refractivity contribution is 8.76. The zero-order chi connectivity index (χ0) is 61.6. The average molecular weight is 1220 g/mol. The zero-order valence-corrected chi connectivity index (χ0v) is 48.3. The molecule has 6 rings (SSSR count). The van der Waals surface area contributed by atoms with Crippen LogP contribution in [-0.2, 0) is 75.4 Å². The van der Waals surface area contributed by atoms with Crippen LogP contribution in [0.15, 0.2) is 91.3 Å². The van der Waals surface area contributed by atoms with E-state index >= 15 is 4.79 Å². The summed E-state index contributed by atoms with van der Waals surface area (Å²) < 4.78 is 14.3. The number of carbonyl (C=O) groups excluding carboxylic acids is 8. The van der Waals surface area contributed by atoms with Crippen molar-refractivity contribution in [3.8, 4) is 5.75 Å². The van der Waals surface area contributed by atoms with Crippen molar-refractivity contribution >= 4 is 85.7 Å². The Kier molecular flexibility index (Phi) is 25.5. The molecule has 15 N–H and O–H groups in total. The van der Waals surface area contributed by atoms with Gasteiger partial charge in [-0.3, -0.25) is 38.4 Å². The Bertz CT molecular complexity index is 3080. The number of unbranched alkanes of at least 4 members (excludes halogenated alkanes) is 1. The van der Waals surface area contributed by atoms with Gasteiger partial charge in [0, 0.05) is 66.9 Å². The molecule has 0 aliphatic carbocycles. The van der Waals surface area contributed by atoms with Crippen molar-refractivity contribution < 1.29 is 68.0 Å². The quantitative estimate of drug-likeness (QED) is 0.0285. The number of hydrogen-bond donors (Lipinski definition) is 14. The van der Waals surface area contributed by atoms with Crippen LogP contribution in [-0.4, -0.2) is 179 Å². The highest BCUT2D eigenvalue weighted by Crippen LogP contribution is 2.25. The van der Waals surface area contributed by atoms with Crippen LogP contribution in [0.5, 0.6) is 5.75 Å². The van der Waals surface area contributed by atoms with E-state index in [2.05, 4.69) is 57.8 Å². The van der Waals surface area contributed by atoms with Crippen LogP contribution in [0.25, 0.3) is 10.9 Å². The van der Waals surface area contributed by atoms with Gasteiger partial charge in [0.25, 0.3) is 0 Å². The minimum absolute atomic E-state index is 0.0403. The van der Waals surface area contributed by atoms with E-state index in [0.29, 0.717) is 39.7 Å². The van der Waals surface area contributed by atoms with Crippen LogP contribution in [0.1, 0.15) is 61.9 Å². The third-order valence-electron chi connectivity index (χ3n) is 13.7. The van der Waals surface area contributed by atoms with Gasteiger partial charge in [-0.15, -0.1) is 5.10 Å². The van der Waals surface area contributed by atoms with Crippen LogP contribution in [0.2, 0.25) is 0 Å². The molecule has 26 nitrogen and oxygen atoms in total.